The second-order valence-electron chi connectivity index (χ2n) is 5.21. The number of rotatable bonds is 6. The van der Waals surface area contributed by atoms with E-state index >= 15 is 0 Å². The van der Waals surface area contributed by atoms with Crippen molar-refractivity contribution in [2.24, 2.45) is 0 Å². The molecule has 0 fully saturated rings. The third kappa shape index (κ3) is 3.90. The van der Waals surface area contributed by atoms with E-state index in [4.69, 9.17) is 4.74 Å². The quantitative estimate of drug-likeness (QED) is 0.646. The third-order valence-corrected chi connectivity index (χ3v) is 4.00. The maximum absolute atomic E-state index is 5.82. The van der Waals surface area contributed by atoms with Crippen LogP contribution >= 0.6 is 11.8 Å². The predicted molar refractivity (Wildman–Crippen MR) is 90.9 cm³/mol. The summed E-state index contributed by atoms with van der Waals surface area (Å²) in [6, 6.07) is 13.6. The first kappa shape index (κ1) is 15.6. The molecule has 0 saturated heterocycles. The standard InChI is InChI=1S/C17H18N4OS/c1-13(2)23-17-20-19-16(12-22-15-8-4-3-5-9-15)21(17)14-7-6-10-18-11-14/h3-11,13H,12H2,1-2H3. The van der Waals surface area contributed by atoms with E-state index in [2.05, 4.69) is 29.0 Å². The van der Waals surface area contributed by atoms with Crippen LogP contribution in [-0.4, -0.2) is 25.0 Å². The van der Waals surface area contributed by atoms with Crippen molar-refractivity contribution in [2.75, 3.05) is 0 Å². The van der Waals surface area contributed by atoms with Crippen LogP contribution < -0.4 is 4.74 Å². The molecule has 118 valence electrons. The Morgan fingerprint density at radius 3 is 2.61 bits per heavy atom. The summed E-state index contributed by atoms with van der Waals surface area (Å²) in [4.78, 5) is 4.19. The van der Waals surface area contributed by atoms with Gasteiger partial charge in [0.15, 0.2) is 11.0 Å². The van der Waals surface area contributed by atoms with Gasteiger partial charge < -0.3 is 4.74 Å². The molecular weight excluding hydrogens is 308 g/mol. The summed E-state index contributed by atoms with van der Waals surface area (Å²) in [5, 5.41) is 9.87. The molecule has 0 N–H and O–H groups in total. The van der Waals surface area contributed by atoms with Gasteiger partial charge in [0.05, 0.1) is 11.9 Å². The molecular formula is C17H18N4OS. The molecule has 0 aliphatic carbocycles. The van der Waals surface area contributed by atoms with Crippen molar-refractivity contribution >= 4 is 11.8 Å². The lowest BCUT2D eigenvalue weighted by Gasteiger charge is -2.11. The Hall–Kier alpha value is -2.34. The van der Waals surface area contributed by atoms with Crippen LogP contribution in [-0.2, 0) is 6.61 Å². The Morgan fingerprint density at radius 2 is 1.91 bits per heavy atom. The number of benzene rings is 1. The monoisotopic (exact) mass is 326 g/mol. The second-order valence-corrected chi connectivity index (χ2v) is 6.76. The molecule has 0 spiro atoms. The number of nitrogens with zero attached hydrogens (tertiary/aromatic N) is 4. The molecule has 3 aromatic rings. The van der Waals surface area contributed by atoms with Gasteiger partial charge in [-0.2, -0.15) is 0 Å². The number of ether oxygens (including phenoxy) is 1. The van der Waals surface area contributed by atoms with E-state index in [1.54, 1.807) is 24.2 Å². The van der Waals surface area contributed by atoms with Gasteiger partial charge in [-0.3, -0.25) is 9.55 Å². The Bertz CT molecular complexity index is 744. The number of pyridine rings is 1. The maximum atomic E-state index is 5.82. The van der Waals surface area contributed by atoms with Crippen LogP contribution in [0.15, 0.2) is 60.0 Å². The highest BCUT2D eigenvalue weighted by Gasteiger charge is 2.16. The molecule has 0 unspecified atom stereocenters. The van der Waals surface area contributed by atoms with Gasteiger partial charge >= 0.3 is 0 Å². The average molecular weight is 326 g/mol. The lowest BCUT2D eigenvalue weighted by atomic mass is 10.3. The van der Waals surface area contributed by atoms with E-state index in [-0.39, 0.29) is 0 Å². The zero-order valence-electron chi connectivity index (χ0n) is 13.1. The highest BCUT2D eigenvalue weighted by Crippen LogP contribution is 2.25. The van der Waals surface area contributed by atoms with Crippen LogP contribution in [0.2, 0.25) is 0 Å². The Morgan fingerprint density at radius 1 is 1.09 bits per heavy atom. The molecule has 0 bridgehead atoms. The highest BCUT2D eigenvalue weighted by molar-refractivity contribution is 7.99. The summed E-state index contributed by atoms with van der Waals surface area (Å²) in [7, 11) is 0. The first-order valence-corrected chi connectivity index (χ1v) is 8.31. The minimum Gasteiger partial charge on any atom is -0.486 e. The van der Waals surface area contributed by atoms with Crippen LogP contribution in [0, 0.1) is 0 Å². The molecule has 0 amide bonds. The summed E-state index contributed by atoms with van der Waals surface area (Å²) in [6.07, 6.45) is 3.56. The Kier molecular flexibility index (Phi) is 4.92. The molecule has 0 radical (unpaired) electrons. The smallest absolute Gasteiger partial charge is 0.196 e. The number of thioether (sulfide) groups is 1. The highest BCUT2D eigenvalue weighted by atomic mass is 32.2. The van der Waals surface area contributed by atoms with Crippen LogP contribution in [0.3, 0.4) is 0 Å². The van der Waals surface area contributed by atoms with Crippen LogP contribution in [0.4, 0.5) is 0 Å². The molecule has 1 aromatic carbocycles. The van der Waals surface area contributed by atoms with Crippen molar-refractivity contribution in [1.82, 2.24) is 19.7 Å². The second kappa shape index (κ2) is 7.28. The minimum absolute atomic E-state index is 0.352. The SMILES string of the molecule is CC(C)Sc1nnc(COc2ccccc2)n1-c1cccnc1. The van der Waals surface area contributed by atoms with Crippen LogP contribution in [0.25, 0.3) is 5.69 Å². The average Bonchev–Trinajstić information content (AvgIpc) is 2.96. The molecule has 2 aromatic heterocycles. The van der Waals surface area contributed by atoms with Gasteiger partial charge in [-0.1, -0.05) is 43.8 Å². The van der Waals surface area contributed by atoms with E-state index in [1.165, 1.54) is 0 Å². The van der Waals surface area contributed by atoms with Crippen LogP contribution in [0.1, 0.15) is 19.7 Å². The zero-order valence-corrected chi connectivity index (χ0v) is 13.9. The number of para-hydroxylation sites is 1. The molecule has 0 atom stereocenters. The van der Waals surface area contributed by atoms with Gasteiger partial charge in [0.25, 0.3) is 0 Å². The molecule has 23 heavy (non-hydrogen) atoms. The van der Waals surface area contributed by atoms with Crippen molar-refractivity contribution in [3.63, 3.8) is 0 Å². The van der Waals surface area contributed by atoms with Crippen molar-refractivity contribution in [2.45, 2.75) is 30.9 Å². The largest absolute Gasteiger partial charge is 0.486 e. The van der Waals surface area contributed by atoms with Gasteiger partial charge in [0.1, 0.15) is 12.4 Å². The third-order valence-electron chi connectivity index (χ3n) is 3.06. The van der Waals surface area contributed by atoms with E-state index in [1.807, 2.05) is 47.0 Å². The summed E-state index contributed by atoms with van der Waals surface area (Å²) in [5.74, 6) is 1.57. The lowest BCUT2D eigenvalue weighted by Crippen LogP contribution is -2.07. The van der Waals surface area contributed by atoms with E-state index < -0.39 is 0 Å². The van der Waals surface area contributed by atoms with Crippen LogP contribution in [0.5, 0.6) is 5.75 Å². The predicted octanol–water partition coefficient (Wildman–Crippen LogP) is 3.74. The maximum Gasteiger partial charge on any atom is 0.196 e. The van der Waals surface area contributed by atoms with Gasteiger partial charge in [-0.15, -0.1) is 10.2 Å². The Labute approximate surface area is 139 Å². The fourth-order valence-corrected chi connectivity index (χ4v) is 2.92. The number of aromatic nitrogens is 4. The Balaban J connectivity index is 1.89. The van der Waals surface area contributed by atoms with Crippen molar-refractivity contribution in [3.05, 3.63) is 60.7 Å². The van der Waals surface area contributed by atoms with Gasteiger partial charge in [-0.05, 0) is 24.3 Å². The lowest BCUT2D eigenvalue weighted by molar-refractivity contribution is 0.293. The molecule has 0 aliphatic heterocycles. The summed E-state index contributed by atoms with van der Waals surface area (Å²) >= 11 is 1.67. The van der Waals surface area contributed by atoms with E-state index in [0.29, 0.717) is 11.9 Å². The van der Waals surface area contributed by atoms with E-state index in [0.717, 1.165) is 22.4 Å². The minimum atomic E-state index is 0.352. The zero-order chi connectivity index (χ0) is 16.1. The summed E-state index contributed by atoms with van der Waals surface area (Å²) in [6.45, 7) is 4.62. The van der Waals surface area contributed by atoms with E-state index in [9.17, 15) is 0 Å². The normalized spacial score (nSPS) is 10.9. The fraction of sp³-hybridized carbons (Fsp3) is 0.235. The topological polar surface area (TPSA) is 52.8 Å². The molecule has 6 heteroatoms. The molecule has 0 aliphatic rings. The first-order chi connectivity index (χ1) is 11.2. The van der Waals surface area contributed by atoms with Crippen molar-refractivity contribution in [1.29, 1.82) is 0 Å². The molecule has 5 nitrogen and oxygen atoms in total. The van der Waals surface area contributed by atoms with Gasteiger partial charge in [0, 0.05) is 11.4 Å². The number of hydrogen-bond donors (Lipinski definition) is 0. The molecule has 2 heterocycles. The molecule has 3 rings (SSSR count). The number of hydrogen-bond acceptors (Lipinski definition) is 5. The first-order valence-electron chi connectivity index (χ1n) is 7.43. The molecule has 0 saturated carbocycles. The van der Waals surface area contributed by atoms with Crippen molar-refractivity contribution in [3.8, 4) is 11.4 Å². The van der Waals surface area contributed by atoms with Gasteiger partial charge in [-0.25, -0.2) is 0 Å². The summed E-state index contributed by atoms with van der Waals surface area (Å²) in [5.41, 5.74) is 0.937. The summed E-state index contributed by atoms with van der Waals surface area (Å²) < 4.78 is 7.82. The fourth-order valence-electron chi connectivity index (χ4n) is 2.09. The van der Waals surface area contributed by atoms with Crippen molar-refractivity contribution < 1.29 is 4.74 Å². The van der Waals surface area contributed by atoms with Gasteiger partial charge in [0.2, 0.25) is 0 Å².